The Morgan fingerprint density at radius 3 is 2.00 bits per heavy atom. The van der Waals surface area contributed by atoms with Crippen LogP contribution in [0.5, 0.6) is 0 Å². The third-order valence-electron chi connectivity index (χ3n) is 3.52. The van der Waals surface area contributed by atoms with Gasteiger partial charge in [0.2, 0.25) is 0 Å². The van der Waals surface area contributed by atoms with Crippen LogP contribution in [0.2, 0.25) is 5.31 Å². The fourth-order valence-electron chi connectivity index (χ4n) is 1.29. The molecule has 1 aliphatic rings. The van der Waals surface area contributed by atoms with Crippen molar-refractivity contribution in [2.45, 2.75) is 45.3 Å². The second-order valence-corrected chi connectivity index (χ2v) is 4.30. The minimum Gasteiger partial charge on any atom is -0.0649 e. The van der Waals surface area contributed by atoms with Gasteiger partial charge in [-0.25, -0.2) is 0 Å². The highest BCUT2D eigenvalue weighted by Gasteiger charge is 2.48. The molecule has 0 radical (unpaired) electrons. The van der Waals surface area contributed by atoms with E-state index >= 15 is 0 Å². The zero-order chi connectivity index (χ0) is 7.12. The maximum absolute atomic E-state index is 2.41. The van der Waals surface area contributed by atoms with Gasteiger partial charge in [-0.2, -0.15) is 0 Å². The van der Waals surface area contributed by atoms with Crippen molar-refractivity contribution >= 4 is 7.85 Å². The van der Waals surface area contributed by atoms with Gasteiger partial charge < -0.3 is 0 Å². The molecule has 0 heterocycles. The molecule has 0 unspecified atom stereocenters. The molecule has 1 saturated carbocycles. The van der Waals surface area contributed by atoms with Gasteiger partial charge in [0.1, 0.15) is 7.85 Å². The molecular formula is C8H17B. The Morgan fingerprint density at radius 1 is 1.44 bits per heavy atom. The maximum atomic E-state index is 2.41. The summed E-state index contributed by atoms with van der Waals surface area (Å²) >= 11 is 0. The minimum absolute atomic E-state index is 0.590. The molecule has 9 heavy (non-hydrogen) atoms. The molecule has 52 valence electrons. The summed E-state index contributed by atoms with van der Waals surface area (Å²) in [7, 11) is 2.41. The second-order valence-electron chi connectivity index (χ2n) is 4.30. The topological polar surface area (TPSA) is 0 Å². The van der Waals surface area contributed by atoms with Gasteiger partial charge >= 0.3 is 0 Å². The standard InChI is InChI=1S/C8H17B/c1-4-7(2,3)8(9)5-6-8/h4-6,9H2,1-3H3. The molecule has 0 atom stereocenters. The molecule has 1 aliphatic carbocycles. The van der Waals surface area contributed by atoms with E-state index in [0.717, 1.165) is 0 Å². The summed E-state index contributed by atoms with van der Waals surface area (Å²) < 4.78 is 0. The van der Waals surface area contributed by atoms with Gasteiger partial charge in [0, 0.05) is 0 Å². The average Bonchev–Trinajstić information content (AvgIpc) is 2.49. The highest BCUT2D eigenvalue weighted by molar-refractivity contribution is 6.17. The Bertz CT molecular complexity index is 112. The van der Waals surface area contributed by atoms with E-state index in [2.05, 4.69) is 28.6 Å². The first-order valence-corrected chi connectivity index (χ1v) is 4.02. The van der Waals surface area contributed by atoms with Gasteiger partial charge in [-0.15, -0.1) is 0 Å². The predicted octanol–water partition coefficient (Wildman–Crippen LogP) is 2.01. The van der Waals surface area contributed by atoms with E-state index in [-0.39, 0.29) is 0 Å². The first-order chi connectivity index (χ1) is 4.02. The van der Waals surface area contributed by atoms with Gasteiger partial charge in [-0.05, 0) is 5.41 Å². The van der Waals surface area contributed by atoms with Crippen molar-refractivity contribution in [3.8, 4) is 0 Å². The summed E-state index contributed by atoms with van der Waals surface area (Å²) in [4.78, 5) is 0. The van der Waals surface area contributed by atoms with Crippen molar-refractivity contribution in [1.29, 1.82) is 0 Å². The van der Waals surface area contributed by atoms with Crippen molar-refractivity contribution in [2.75, 3.05) is 0 Å². The lowest BCUT2D eigenvalue weighted by molar-refractivity contribution is 0.311. The zero-order valence-electron chi connectivity index (χ0n) is 7.12. The Hall–Kier alpha value is 0.0649. The quantitative estimate of drug-likeness (QED) is 0.494. The van der Waals surface area contributed by atoms with Crippen molar-refractivity contribution in [2.24, 2.45) is 5.41 Å². The Balaban J connectivity index is 2.58. The highest BCUT2D eigenvalue weighted by Crippen LogP contribution is 2.64. The van der Waals surface area contributed by atoms with Gasteiger partial charge in [-0.1, -0.05) is 45.3 Å². The highest BCUT2D eigenvalue weighted by atomic mass is 14.5. The van der Waals surface area contributed by atoms with E-state index in [0.29, 0.717) is 10.7 Å². The Morgan fingerprint density at radius 2 is 1.89 bits per heavy atom. The number of hydrogen-bond donors (Lipinski definition) is 0. The van der Waals surface area contributed by atoms with E-state index in [1.807, 2.05) is 0 Å². The first kappa shape index (κ1) is 7.18. The third-order valence-corrected chi connectivity index (χ3v) is 3.52. The molecule has 0 bridgehead atoms. The van der Waals surface area contributed by atoms with Crippen LogP contribution in [0, 0.1) is 5.41 Å². The van der Waals surface area contributed by atoms with E-state index in [4.69, 9.17) is 0 Å². The summed E-state index contributed by atoms with van der Waals surface area (Å²) in [5, 5.41) is 0.696. The van der Waals surface area contributed by atoms with E-state index in [1.165, 1.54) is 19.3 Å². The molecule has 1 rings (SSSR count). The predicted molar refractivity (Wildman–Crippen MR) is 44.5 cm³/mol. The Labute approximate surface area is 59.4 Å². The Kier molecular flexibility index (Phi) is 1.41. The van der Waals surface area contributed by atoms with E-state index in [1.54, 1.807) is 0 Å². The van der Waals surface area contributed by atoms with Crippen LogP contribution in [0.3, 0.4) is 0 Å². The molecule has 1 fully saturated rings. The molecule has 0 aromatic rings. The van der Waals surface area contributed by atoms with E-state index in [9.17, 15) is 0 Å². The van der Waals surface area contributed by atoms with Gasteiger partial charge in [0.15, 0.2) is 0 Å². The first-order valence-electron chi connectivity index (χ1n) is 4.02. The minimum atomic E-state index is 0.590. The summed E-state index contributed by atoms with van der Waals surface area (Å²) in [6.07, 6.45) is 4.23. The SMILES string of the molecule is BC1(C(C)(C)CC)CC1. The van der Waals surface area contributed by atoms with Crippen LogP contribution in [0.1, 0.15) is 40.0 Å². The van der Waals surface area contributed by atoms with Crippen LogP contribution in [-0.2, 0) is 0 Å². The molecule has 0 aliphatic heterocycles. The smallest absolute Gasteiger partial charge is 0.0649 e. The molecule has 0 saturated heterocycles. The third kappa shape index (κ3) is 1.02. The van der Waals surface area contributed by atoms with Crippen molar-refractivity contribution < 1.29 is 0 Å². The van der Waals surface area contributed by atoms with Crippen molar-refractivity contribution in [3.05, 3.63) is 0 Å². The lowest BCUT2D eigenvalue weighted by Gasteiger charge is -2.30. The van der Waals surface area contributed by atoms with Gasteiger partial charge in [0.25, 0.3) is 0 Å². The van der Waals surface area contributed by atoms with E-state index < -0.39 is 0 Å². The fourth-order valence-corrected chi connectivity index (χ4v) is 1.29. The van der Waals surface area contributed by atoms with Crippen LogP contribution in [-0.4, -0.2) is 7.85 Å². The summed E-state index contributed by atoms with van der Waals surface area (Å²) in [6.45, 7) is 7.07. The number of rotatable bonds is 2. The van der Waals surface area contributed by atoms with Crippen LogP contribution in [0.25, 0.3) is 0 Å². The molecule has 0 aromatic heterocycles. The number of hydrogen-bond acceptors (Lipinski definition) is 0. The van der Waals surface area contributed by atoms with Crippen LogP contribution < -0.4 is 0 Å². The van der Waals surface area contributed by atoms with Crippen molar-refractivity contribution in [1.82, 2.24) is 0 Å². The largest absolute Gasteiger partial charge is 0.110 e. The van der Waals surface area contributed by atoms with Crippen LogP contribution in [0.4, 0.5) is 0 Å². The lowest BCUT2D eigenvalue weighted by atomic mass is 9.62. The average molecular weight is 124 g/mol. The van der Waals surface area contributed by atoms with Crippen molar-refractivity contribution in [3.63, 3.8) is 0 Å². The molecule has 0 aromatic carbocycles. The molecule has 0 nitrogen and oxygen atoms in total. The summed E-state index contributed by atoms with van der Waals surface area (Å²) in [5.41, 5.74) is 0.590. The lowest BCUT2D eigenvalue weighted by Crippen LogP contribution is -2.19. The molecular weight excluding hydrogens is 107 g/mol. The molecule has 0 N–H and O–H groups in total. The molecule has 0 spiro atoms. The maximum Gasteiger partial charge on any atom is 0.110 e. The fraction of sp³-hybridized carbons (Fsp3) is 1.00. The van der Waals surface area contributed by atoms with Crippen LogP contribution >= 0.6 is 0 Å². The summed E-state index contributed by atoms with van der Waals surface area (Å²) in [6, 6.07) is 0. The van der Waals surface area contributed by atoms with Gasteiger partial charge in [-0.3, -0.25) is 0 Å². The summed E-state index contributed by atoms with van der Waals surface area (Å²) in [5.74, 6) is 0. The molecule has 1 heteroatoms. The normalized spacial score (nSPS) is 23.9. The second kappa shape index (κ2) is 1.77. The zero-order valence-corrected chi connectivity index (χ0v) is 7.12. The molecule has 0 amide bonds. The van der Waals surface area contributed by atoms with Gasteiger partial charge in [0.05, 0.1) is 0 Å². The monoisotopic (exact) mass is 124 g/mol. The van der Waals surface area contributed by atoms with Crippen LogP contribution in [0.15, 0.2) is 0 Å².